The number of nitriles is 1. The van der Waals surface area contributed by atoms with E-state index in [0.717, 1.165) is 18.2 Å². The van der Waals surface area contributed by atoms with Gasteiger partial charge < -0.3 is 5.32 Å². The van der Waals surface area contributed by atoms with Gasteiger partial charge in [-0.05, 0) is 18.2 Å². The van der Waals surface area contributed by atoms with Crippen molar-refractivity contribution in [1.82, 2.24) is 9.97 Å². The van der Waals surface area contributed by atoms with Crippen LogP contribution in [0.1, 0.15) is 6.42 Å². The molecular weight excluding hydrogens is 250 g/mol. The van der Waals surface area contributed by atoms with Crippen LogP contribution in [0.5, 0.6) is 0 Å². The summed E-state index contributed by atoms with van der Waals surface area (Å²) in [7, 11) is 0. The average molecular weight is 260 g/mol. The molecule has 0 fully saturated rings. The summed E-state index contributed by atoms with van der Waals surface area (Å²) in [5.74, 6) is -0.710. The second kappa shape index (κ2) is 5.87. The van der Waals surface area contributed by atoms with Crippen molar-refractivity contribution in [3.8, 4) is 17.2 Å². The molecule has 0 aliphatic heterocycles. The molecule has 4 nitrogen and oxygen atoms in total. The van der Waals surface area contributed by atoms with Gasteiger partial charge in [0, 0.05) is 30.1 Å². The first-order valence-corrected chi connectivity index (χ1v) is 5.59. The maximum Gasteiger partial charge on any atom is 0.222 e. The largest absolute Gasteiger partial charge is 0.353 e. The van der Waals surface area contributed by atoms with Crippen molar-refractivity contribution in [2.24, 2.45) is 0 Å². The highest BCUT2D eigenvalue weighted by atomic mass is 19.1. The highest BCUT2D eigenvalue weighted by molar-refractivity contribution is 5.62. The number of hydrogen-bond donors (Lipinski definition) is 1. The molecule has 19 heavy (non-hydrogen) atoms. The maximum atomic E-state index is 13.5. The number of hydrogen-bond acceptors (Lipinski definition) is 4. The Kier molecular flexibility index (Phi) is 3.98. The van der Waals surface area contributed by atoms with E-state index < -0.39 is 11.6 Å². The molecule has 0 spiro atoms. The minimum Gasteiger partial charge on any atom is -0.353 e. The maximum absolute atomic E-state index is 13.5. The zero-order valence-corrected chi connectivity index (χ0v) is 9.90. The van der Waals surface area contributed by atoms with Crippen molar-refractivity contribution >= 4 is 5.95 Å². The fourth-order valence-electron chi connectivity index (χ4n) is 1.51. The fraction of sp³-hybridized carbons (Fsp3) is 0.154. The first-order chi connectivity index (χ1) is 9.20. The van der Waals surface area contributed by atoms with E-state index in [0.29, 0.717) is 24.5 Å². The molecule has 1 heterocycles. The molecule has 0 aliphatic carbocycles. The summed E-state index contributed by atoms with van der Waals surface area (Å²) in [6.07, 6.45) is 3.14. The van der Waals surface area contributed by atoms with Crippen molar-refractivity contribution in [1.29, 1.82) is 5.26 Å². The van der Waals surface area contributed by atoms with E-state index in [1.807, 2.05) is 6.07 Å². The quantitative estimate of drug-likeness (QED) is 0.858. The molecule has 0 radical (unpaired) electrons. The third kappa shape index (κ3) is 3.22. The Morgan fingerprint density at radius 1 is 1.21 bits per heavy atom. The van der Waals surface area contributed by atoms with Gasteiger partial charge in [0.05, 0.1) is 12.5 Å². The molecule has 0 saturated heterocycles. The van der Waals surface area contributed by atoms with E-state index in [-0.39, 0.29) is 5.56 Å². The molecule has 0 aliphatic rings. The Labute approximate surface area is 108 Å². The van der Waals surface area contributed by atoms with Gasteiger partial charge in [0.15, 0.2) is 0 Å². The van der Waals surface area contributed by atoms with Crippen LogP contribution < -0.4 is 5.32 Å². The van der Waals surface area contributed by atoms with Crippen LogP contribution in [0.3, 0.4) is 0 Å². The highest BCUT2D eigenvalue weighted by Crippen LogP contribution is 2.22. The number of nitrogens with one attached hydrogen (secondary N) is 1. The molecule has 0 saturated carbocycles. The molecule has 2 rings (SSSR count). The van der Waals surface area contributed by atoms with Crippen LogP contribution in [0.2, 0.25) is 0 Å². The predicted molar refractivity (Wildman–Crippen MR) is 66.1 cm³/mol. The van der Waals surface area contributed by atoms with Crippen molar-refractivity contribution in [3.63, 3.8) is 0 Å². The first-order valence-electron chi connectivity index (χ1n) is 5.59. The van der Waals surface area contributed by atoms with Crippen LogP contribution in [0.4, 0.5) is 14.7 Å². The SMILES string of the molecule is N#CCCNc1ncc(-c2cc(F)ccc2F)cn1. The van der Waals surface area contributed by atoms with E-state index >= 15 is 0 Å². The number of nitrogens with zero attached hydrogens (tertiary/aromatic N) is 3. The van der Waals surface area contributed by atoms with E-state index in [1.54, 1.807) is 0 Å². The van der Waals surface area contributed by atoms with Crippen molar-refractivity contribution in [3.05, 3.63) is 42.2 Å². The zero-order valence-electron chi connectivity index (χ0n) is 9.90. The van der Waals surface area contributed by atoms with E-state index in [1.165, 1.54) is 12.4 Å². The van der Waals surface area contributed by atoms with Crippen LogP contribution in [0, 0.1) is 23.0 Å². The van der Waals surface area contributed by atoms with Crippen LogP contribution >= 0.6 is 0 Å². The number of benzene rings is 1. The van der Waals surface area contributed by atoms with Gasteiger partial charge in [-0.1, -0.05) is 0 Å². The standard InChI is InChI=1S/C13H10F2N4/c14-10-2-3-12(15)11(6-10)9-7-18-13(19-8-9)17-5-1-4-16/h2-3,6-8H,1,5H2,(H,17,18,19). The van der Waals surface area contributed by atoms with Crippen LogP contribution in [0.25, 0.3) is 11.1 Å². The van der Waals surface area contributed by atoms with Crippen molar-refractivity contribution < 1.29 is 8.78 Å². The molecule has 6 heteroatoms. The van der Waals surface area contributed by atoms with Gasteiger partial charge in [-0.15, -0.1) is 0 Å². The van der Waals surface area contributed by atoms with E-state index in [9.17, 15) is 8.78 Å². The molecule has 96 valence electrons. The molecule has 1 aromatic heterocycles. The third-order valence-electron chi connectivity index (χ3n) is 2.41. The van der Waals surface area contributed by atoms with Crippen LogP contribution in [-0.4, -0.2) is 16.5 Å². The van der Waals surface area contributed by atoms with Gasteiger partial charge in [-0.25, -0.2) is 18.7 Å². The Morgan fingerprint density at radius 2 is 1.95 bits per heavy atom. The number of rotatable bonds is 4. The third-order valence-corrected chi connectivity index (χ3v) is 2.41. The van der Waals surface area contributed by atoms with Gasteiger partial charge in [0.25, 0.3) is 0 Å². The Hall–Kier alpha value is -2.55. The molecule has 1 N–H and O–H groups in total. The number of anilines is 1. The molecule has 1 aromatic carbocycles. The fourth-order valence-corrected chi connectivity index (χ4v) is 1.51. The molecule has 0 unspecified atom stereocenters. The summed E-state index contributed by atoms with van der Waals surface area (Å²) >= 11 is 0. The van der Waals surface area contributed by atoms with Gasteiger partial charge in [0.1, 0.15) is 11.6 Å². The van der Waals surface area contributed by atoms with Gasteiger partial charge >= 0.3 is 0 Å². The van der Waals surface area contributed by atoms with Crippen LogP contribution in [0.15, 0.2) is 30.6 Å². The van der Waals surface area contributed by atoms with E-state index in [2.05, 4.69) is 15.3 Å². The minimum atomic E-state index is -0.532. The lowest BCUT2D eigenvalue weighted by molar-refractivity contribution is 0.603. The van der Waals surface area contributed by atoms with Gasteiger partial charge in [0.2, 0.25) is 5.95 Å². The second-order valence-corrected chi connectivity index (χ2v) is 3.75. The Morgan fingerprint density at radius 3 is 2.63 bits per heavy atom. The van der Waals surface area contributed by atoms with Crippen LogP contribution in [-0.2, 0) is 0 Å². The monoisotopic (exact) mass is 260 g/mol. The molecular formula is C13H10F2N4. The average Bonchev–Trinajstić information content (AvgIpc) is 2.43. The normalized spacial score (nSPS) is 9.95. The van der Waals surface area contributed by atoms with E-state index in [4.69, 9.17) is 5.26 Å². The molecule has 0 atom stereocenters. The van der Waals surface area contributed by atoms with Gasteiger partial charge in [-0.2, -0.15) is 5.26 Å². The first kappa shape index (κ1) is 12.9. The summed E-state index contributed by atoms with van der Waals surface area (Å²) in [6.45, 7) is 0.435. The lowest BCUT2D eigenvalue weighted by Crippen LogP contribution is -2.04. The summed E-state index contributed by atoms with van der Waals surface area (Å²) < 4.78 is 26.6. The lowest BCUT2D eigenvalue weighted by atomic mass is 10.1. The number of aromatic nitrogens is 2. The summed E-state index contributed by atoms with van der Waals surface area (Å²) in [5.41, 5.74) is 0.506. The molecule has 0 bridgehead atoms. The summed E-state index contributed by atoms with van der Waals surface area (Å²) in [5, 5.41) is 11.2. The Bertz CT molecular complexity index is 605. The summed E-state index contributed by atoms with van der Waals surface area (Å²) in [4.78, 5) is 7.95. The van der Waals surface area contributed by atoms with Crippen molar-refractivity contribution in [2.75, 3.05) is 11.9 Å². The predicted octanol–water partition coefficient (Wildman–Crippen LogP) is 2.75. The highest BCUT2D eigenvalue weighted by Gasteiger charge is 2.07. The molecule has 0 amide bonds. The van der Waals surface area contributed by atoms with Gasteiger partial charge in [-0.3, -0.25) is 0 Å². The van der Waals surface area contributed by atoms with Crippen molar-refractivity contribution in [2.45, 2.75) is 6.42 Å². The second-order valence-electron chi connectivity index (χ2n) is 3.75. The lowest BCUT2D eigenvalue weighted by Gasteiger charge is -2.05. The Balaban J connectivity index is 2.18. The topological polar surface area (TPSA) is 61.6 Å². The molecule has 2 aromatic rings. The zero-order chi connectivity index (χ0) is 13.7. The minimum absolute atomic E-state index is 0.114. The number of halogens is 2. The summed E-state index contributed by atoms with van der Waals surface area (Å²) in [6, 6.07) is 5.19. The smallest absolute Gasteiger partial charge is 0.222 e.